The first-order chi connectivity index (χ1) is 4.90. The number of methoxy groups -OCH3 is 1. The average Bonchev–Trinajstić information content (AvgIpc) is 2.42. The molecule has 2 atom stereocenters. The van der Waals surface area contributed by atoms with Gasteiger partial charge in [0.25, 0.3) is 0 Å². The van der Waals surface area contributed by atoms with Gasteiger partial charge in [-0.3, -0.25) is 0 Å². The number of hydrogen-bond donors (Lipinski definition) is 0. The molecule has 0 aliphatic heterocycles. The van der Waals surface area contributed by atoms with Crippen molar-refractivity contribution in [2.75, 3.05) is 7.11 Å². The fraction of sp³-hybridized carbons (Fsp3) is 0.778. The maximum absolute atomic E-state index is 5.27. The van der Waals surface area contributed by atoms with Crippen LogP contribution in [0.4, 0.5) is 0 Å². The first-order valence-electron chi connectivity index (χ1n) is 4.13. The fourth-order valence-electron chi connectivity index (χ4n) is 2.18. The van der Waals surface area contributed by atoms with E-state index in [9.17, 15) is 0 Å². The molecule has 2 aliphatic rings. The van der Waals surface area contributed by atoms with Crippen molar-refractivity contribution in [1.82, 2.24) is 0 Å². The summed E-state index contributed by atoms with van der Waals surface area (Å²) >= 11 is 0. The van der Waals surface area contributed by atoms with Gasteiger partial charge in [-0.1, -0.05) is 11.6 Å². The van der Waals surface area contributed by atoms with Crippen LogP contribution in [0.5, 0.6) is 0 Å². The van der Waals surface area contributed by atoms with Crippen LogP contribution in [0.15, 0.2) is 11.6 Å². The molecule has 0 aromatic rings. The third-order valence-electron chi connectivity index (χ3n) is 2.76. The summed E-state index contributed by atoms with van der Waals surface area (Å²) in [4.78, 5) is 0. The van der Waals surface area contributed by atoms with Crippen LogP contribution in [0.25, 0.3) is 0 Å². The van der Waals surface area contributed by atoms with Gasteiger partial charge in [0.2, 0.25) is 0 Å². The summed E-state index contributed by atoms with van der Waals surface area (Å²) in [5.74, 6) is 0.893. The van der Waals surface area contributed by atoms with E-state index >= 15 is 0 Å². The molecule has 0 saturated heterocycles. The molecule has 0 radical (unpaired) electrons. The lowest BCUT2D eigenvalue weighted by atomic mass is 10.1. The molecule has 0 bridgehead atoms. The lowest BCUT2D eigenvalue weighted by Gasteiger charge is -2.06. The Morgan fingerprint density at radius 1 is 1.60 bits per heavy atom. The zero-order valence-corrected chi connectivity index (χ0v) is 6.47. The predicted molar refractivity (Wildman–Crippen MR) is 40.8 cm³/mol. The van der Waals surface area contributed by atoms with Crippen molar-refractivity contribution in [3.05, 3.63) is 11.6 Å². The Morgan fingerprint density at radius 2 is 2.50 bits per heavy atom. The Labute approximate surface area is 62.1 Å². The van der Waals surface area contributed by atoms with E-state index in [0.29, 0.717) is 6.10 Å². The molecule has 2 aliphatic carbocycles. The third kappa shape index (κ3) is 0.891. The Bertz CT molecular complexity index is 160. The highest BCUT2D eigenvalue weighted by atomic mass is 16.5. The first-order valence-corrected chi connectivity index (χ1v) is 4.13. The van der Waals surface area contributed by atoms with Crippen molar-refractivity contribution in [1.29, 1.82) is 0 Å². The molecule has 0 N–H and O–H groups in total. The summed E-state index contributed by atoms with van der Waals surface area (Å²) in [6.07, 6.45) is 8.19. The normalized spacial score (nSPS) is 37.9. The summed E-state index contributed by atoms with van der Waals surface area (Å²) < 4.78 is 5.27. The number of ether oxygens (including phenoxy) is 1. The van der Waals surface area contributed by atoms with Gasteiger partial charge in [-0.05, 0) is 31.6 Å². The zero-order valence-electron chi connectivity index (χ0n) is 6.47. The molecule has 0 amide bonds. The minimum atomic E-state index is 0.445. The van der Waals surface area contributed by atoms with Crippen molar-refractivity contribution in [3.63, 3.8) is 0 Å². The molecule has 1 heteroatoms. The van der Waals surface area contributed by atoms with Crippen LogP contribution in [-0.2, 0) is 4.74 Å². The highest BCUT2D eigenvalue weighted by Gasteiger charge is 2.29. The third-order valence-corrected chi connectivity index (χ3v) is 2.76. The van der Waals surface area contributed by atoms with Gasteiger partial charge in [0.1, 0.15) is 0 Å². The Kier molecular flexibility index (Phi) is 1.53. The van der Waals surface area contributed by atoms with E-state index in [4.69, 9.17) is 4.74 Å². The highest BCUT2D eigenvalue weighted by Crippen LogP contribution is 2.40. The topological polar surface area (TPSA) is 9.23 Å². The Balaban J connectivity index is 2.08. The van der Waals surface area contributed by atoms with E-state index in [1.807, 2.05) is 7.11 Å². The zero-order chi connectivity index (χ0) is 6.97. The van der Waals surface area contributed by atoms with Crippen molar-refractivity contribution >= 4 is 0 Å². The summed E-state index contributed by atoms with van der Waals surface area (Å²) in [6, 6.07) is 0. The monoisotopic (exact) mass is 138 g/mol. The van der Waals surface area contributed by atoms with Crippen molar-refractivity contribution in [2.45, 2.75) is 31.8 Å². The van der Waals surface area contributed by atoms with Gasteiger partial charge in [-0.25, -0.2) is 0 Å². The smallest absolute Gasteiger partial charge is 0.0760 e. The standard InChI is InChI=1S/C9H14O/c1-10-9-5-7-3-2-4-8(7)6-9/h5,8-9H,2-4,6H2,1H3. The molecule has 1 nitrogen and oxygen atoms in total. The van der Waals surface area contributed by atoms with Crippen LogP contribution in [-0.4, -0.2) is 13.2 Å². The molecule has 56 valence electrons. The van der Waals surface area contributed by atoms with E-state index in [1.165, 1.54) is 25.7 Å². The molecular weight excluding hydrogens is 124 g/mol. The minimum absolute atomic E-state index is 0.445. The molecule has 1 saturated carbocycles. The van der Waals surface area contributed by atoms with Crippen LogP contribution >= 0.6 is 0 Å². The lowest BCUT2D eigenvalue weighted by molar-refractivity contribution is 0.132. The molecule has 0 heterocycles. The summed E-state index contributed by atoms with van der Waals surface area (Å²) in [6.45, 7) is 0. The van der Waals surface area contributed by atoms with Crippen molar-refractivity contribution < 1.29 is 4.74 Å². The lowest BCUT2D eigenvalue weighted by Crippen LogP contribution is -2.04. The summed E-state index contributed by atoms with van der Waals surface area (Å²) in [5, 5.41) is 0. The van der Waals surface area contributed by atoms with Crippen LogP contribution in [0.1, 0.15) is 25.7 Å². The van der Waals surface area contributed by atoms with Crippen LogP contribution in [0.2, 0.25) is 0 Å². The Morgan fingerprint density at radius 3 is 3.20 bits per heavy atom. The molecule has 0 aromatic carbocycles. The maximum Gasteiger partial charge on any atom is 0.0760 e. The second kappa shape index (κ2) is 2.39. The van der Waals surface area contributed by atoms with E-state index in [1.54, 1.807) is 5.57 Å². The van der Waals surface area contributed by atoms with Gasteiger partial charge in [0.05, 0.1) is 6.10 Å². The molecule has 0 spiro atoms. The van der Waals surface area contributed by atoms with Gasteiger partial charge in [-0.15, -0.1) is 0 Å². The van der Waals surface area contributed by atoms with Crippen molar-refractivity contribution in [3.8, 4) is 0 Å². The molecule has 2 unspecified atom stereocenters. The van der Waals surface area contributed by atoms with Crippen LogP contribution < -0.4 is 0 Å². The van der Waals surface area contributed by atoms with E-state index in [-0.39, 0.29) is 0 Å². The molecule has 0 aromatic heterocycles. The van der Waals surface area contributed by atoms with Crippen molar-refractivity contribution in [2.24, 2.45) is 5.92 Å². The maximum atomic E-state index is 5.27. The average molecular weight is 138 g/mol. The number of allylic oxidation sites excluding steroid dienone is 1. The quantitative estimate of drug-likeness (QED) is 0.504. The fourth-order valence-corrected chi connectivity index (χ4v) is 2.18. The largest absolute Gasteiger partial charge is 0.377 e. The number of fused-ring (bicyclic) bond motifs is 1. The minimum Gasteiger partial charge on any atom is -0.377 e. The van der Waals surface area contributed by atoms with Crippen LogP contribution in [0, 0.1) is 5.92 Å². The van der Waals surface area contributed by atoms with Gasteiger partial charge >= 0.3 is 0 Å². The molecule has 1 fully saturated rings. The van der Waals surface area contributed by atoms with E-state index < -0.39 is 0 Å². The highest BCUT2D eigenvalue weighted by molar-refractivity contribution is 5.19. The number of rotatable bonds is 1. The van der Waals surface area contributed by atoms with Gasteiger partial charge in [0.15, 0.2) is 0 Å². The first kappa shape index (κ1) is 6.41. The SMILES string of the molecule is COC1C=C2CCCC2C1. The van der Waals surface area contributed by atoms with Gasteiger partial charge in [-0.2, -0.15) is 0 Å². The number of hydrogen-bond acceptors (Lipinski definition) is 1. The van der Waals surface area contributed by atoms with Gasteiger partial charge < -0.3 is 4.74 Å². The second-order valence-corrected chi connectivity index (χ2v) is 3.34. The predicted octanol–water partition coefficient (Wildman–Crippen LogP) is 2.13. The van der Waals surface area contributed by atoms with E-state index in [0.717, 1.165) is 5.92 Å². The summed E-state index contributed by atoms with van der Waals surface area (Å²) in [7, 11) is 1.81. The summed E-state index contributed by atoms with van der Waals surface area (Å²) in [5.41, 5.74) is 1.67. The van der Waals surface area contributed by atoms with Gasteiger partial charge in [0, 0.05) is 7.11 Å². The van der Waals surface area contributed by atoms with Crippen LogP contribution in [0.3, 0.4) is 0 Å². The molecule has 2 rings (SSSR count). The second-order valence-electron chi connectivity index (χ2n) is 3.34. The molecule has 10 heavy (non-hydrogen) atoms. The van der Waals surface area contributed by atoms with E-state index in [2.05, 4.69) is 6.08 Å². The Hall–Kier alpha value is -0.300. The molecular formula is C9H14O.